The Kier molecular flexibility index (Phi) is 8.69. The van der Waals surface area contributed by atoms with Gasteiger partial charge >= 0.3 is 0 Å². The van der Waals surface area contributed by atoms with Crippen molar-refractivity contribution in [2.45, 2.75) is 6.42 Å². The molecular weight excluding hydrogens is 209 g/mol. The van der Waals surface area contributed by atoms with Crippen LogP contribution in [0.5, 0.6) is 0 Å². The van der Waals surface area contributed by atoms with Gasteiger partial charge in [-0.15, -0.1) is 29.9 Å². The van der Waals surface area contributed by atoms with Gasteiger partial charge in [0, 0.05) is 25.4 Å². The summed E-state index contributed by atoms with van der Waals surface area (Å²) in [6.45, 7) is 4.57. The van der Waals surface area contributed by atoms with Gasteiger partial charge in [-0.2, -0.15) is 0 Å². The van der Waals surface area contributed by atoms with E-state index < -0.39 is 0 Å². The summed E-state index contributed by atoms with van der Waals surface area (Å²) in [5.41, 5.74) is 0. The molecule has 4 heteroatoms. The van der Waals surface area contributed by atoms with Crippen LogP contribution in [0, 0.1) is 11.8 Å². The average Bonchev–Trinajstić information content (AvgIpc) is 2.14. The largest absolute Gasteiger partial charge is 0.379 e. The van der Waals surface area contributed by atoms with E-state index in [-0.39, 0.29) is 12.4 Å². The lowest BCUT2D eigenvalue weighted by Gasteiger charge is -2.24. The first-order valence-electron chi connectivity index (χ1n) is 4.25. The summed E-state index contributed by atoms with van der Waals surface area (Å²) < 4.78 is 5.22. The summed E-state index contributed by atoms with van der Waals surface area (Å²) in [6, 6.07) is 0. The van der Waals surface area contributed by atoms with Crippen LogP contribution in [0.1, 0.15) is 6.42 Å². The number of nitrogens with zero attached hydrogens (tertiary/aromatic N) is 1. The zero-order valence-electron chi connectivity index (χ0n) is 7.59. The molecule has 0 bridgehead atoms. The molecule has 0 N–H and O–H groups in total. The summed E-state index contributed by atoms with van der Waals surface area (Å²) >= 11 is 5.49. The molecule has 1 aliphatic rings. The van der Waals surface area contributed by atoms with Crippen LogP contribution >= 0.6 is 24.0 Å². The maximum Gasteiger partial charge on any atom is 0.0603 e. The SMILES string of the molecule is Cl.ClCCC#CCN1CCOCC1. The highest BCUT2D eigenvalue weighted by molar-refractivity contribution is 6.18. The Bertz CT molecular complexity index is 170. The molecule has 0 amide bonds. The molecule has 0 spiro atoms. The van der Waals surface area contributed by atoms with Gasteiger partial charge in [0.2, 0.25) is 0 Å². The molecule has 76 valence electrons. The van der Waals surface area contributed by atoms with Gasteiger partial charge in [-0.3, -0.25) is 4.90 Å². The van der Waals surface area contributed by atoms with E-state index in [0.717, 1.165) is 39.3 Å². The summed E-state index contributed by atoms with van der Waals surface area (Å²) in [6.07, 6.45) is 0.798. The van der Waals surface area contributed by atoms with Crippen molar-refractivity contribution in [2.24, 2.45) is 0 Å². The normalized spacial score (nSPS) is 17.0. The van der Waals surface area contributed by atoms with Gasteiger partial charge in [0.25, 0.3) is 0 Å². The third kappa shape index (κ3) is 6.17. The van der Waals surface area contributed by atoms with Crippen LogP contribution < -0.4 is 0 Å². The molecule has 1 heterocycles. The fourth-order valence-corrected chi connectivity index (χ4v) is 1.16. The molecule has 0 aromatic carbocycles. The molecule has 1 rings (SSSR count). The van der Waals surface area contributed by atoms with Gasteiger partial charge in [-0.25, -0.2) is 0 Å². The number of ether oxygens (including phenoxy) is 1. The van der Waals surface area contributed by atoms with E-state index in [9.17, 15) is 0 Å². The standard InChI is InChI=1S/C9H14ClNO.ClH/c10-4-2-1-3-5-11-6-8-12-9-7-11;/h2,4-9H2;1H. The predicted octanol–water partition coefficient (Wildman–Crippen LogP) is 1.37. The van der Waals surface area contributed by atoms with Gasteiger partial charge in [0.15, 0.2) is 0 Å². The van der Waals surface area contributed by atoms with E-state index in [1.54, 1.807) is 0 Å². The van der Waals surface area contributed by atoms with E-state index >= 15 is 0 Å². The average molecular weight is 224 g/mol. The smallest absolute Gasteiger partial charge is 0.0603 e. The molecule has 0 aliphatic carbocycles. The molecule has 0 aromatic heterocycles. The predicted molar refractivity (Wildman–Crippen MR) is 57.6 cm³/mol. The van der Waals surface area contributed by atoms with Gasteiger partial charge in [0.05, 0.1) is 19.8 Å². The molecule has 13 heavy (non-hydrogen) atoms. The number of morpholine rings is 1. The van der Waals surface area contributed by atoms with Crippen molar-refractivity contribution in [1.82, 2.24) is 4.90 Å². The van der Waals surface area contributed by atoms with Crippen LogP contribution in [0.2, 0.25) is 0 Å². The number of hydrogen-bond acceptors (Lipinski definition) is 2. The Balaban J connectivity index is 0.00000144. The number of rotatable bonds is 2. The Morgan fingerprint density at radius 2 is 1.92 bits per heavy atom. The lowest BCUT2D eigenvalue weighted by Crippen LogP contribution is -2.36. The third-order valence-electron chi connectivity index (χ3n) is 1.75. The van der Waals surface area contributed by atoms with Gasteiger partial charge in [0.1, 0.15) is 0 Å². The first kappa shape index (κ1) is 13.1. The van der Waals surface area contributed by atoms with E-state index in [4.69, 9.17) is 16.3 Å². The monoisotopic (exact) mass is 223 g/mol. The second-order valence-electron chi connectivity index (χ2n) is 2.68. The second kappa shape index (κ2) is 8.65. The minimum absolute atomic E-state index is 0. The van der Waals surface area contributed by atoms with Crippen molar-refractivity contribution in [1.29, 1.82) is 0 Å². The van der Waals surface area contributed by atoms with Crippen molar-refractivity contribution in [3.63, 3.8) is 0 Å². The minimum Gasteiger partial charge on any atom is -0.379 e. The molecule has 2 nitrogen and oxygen atoms in total. The highest BCUT2D eigenvalue weighted by Crippen LogP contribution is 1.94. The molecule has 1 fully saturated rings. The van der Waals surface area contributed by atoms with E-state index in [1.807, 2.05) is 0 Å². The van der Waals surface area contributed by atoms with E-state index in [1.165, 1.54) is 0 Å². The van der Waals surface area contributed by atoms with Gasteiger partial charge < -0.3 is 4.74 Å². The summed E-state index contributed by atoms with van der Waals surface area (Å²) in [4.78, 5) is 2.30. The maximum absolute atomic E-state index is 5.49. The summed E-state index contributed by atoms with van der Waals surface area (Å²) in [5, 5.41) is 0. The number of halogens is 2. The first-order valence-corrected chi connectivity index (χ1v) is 4.78. The Labute approximate surface area is 91.0 Å². The van der Waals surface area contributed by atoms with Crippen LogP contribution in [-0.2, 0) is 4.74 Å². The minimum atomic E-state index is 0. The number of alkyl halides is 1. The summed E-state index contributed by atoms with van der Waals surface area (Å²) in [5.74, 6) is 6.74. The molecule has 0 aromatic rings. The molecule has 0 atom stereocenters. The lowest BCUT2D eigenvalue weighted by atomic mass is 10.4. The van der Waals surface area contributed by atoms with E-state index in [2.05, 4.69) is 16.7 Å². The molecular formula is C9H15Cl2NO. The topological polar surface area (TPSA) is 12.5 Å². The summed E-state index contributed by atoms with van der Waals surface area (Å²) in [7, 11) is 0. The fraction of sp³-hybridized carbons (Fsp3) is 0.778. The molecule has 1 saturated heterocycles. The van der Waals surface area contributed by atoms with Gasteiger partial charge in [-0.1, -0.05) is 5.92 Å². The highest BCUT2D eigenvalue weighted by Gasteiger charge is 2.07. The zero-order valence-corrected chi connectivity index (χ0v) is 9.16. The van der Waals surface area contributed by atoms with Crippen molar-refractivity contribution in [3.8, 4) is 11.8 Å². The van der Waals surface area contributed by atoms with E-state index in [0.29, 0.717) is 5.88 Å². The van der Waals surface area contributed by atoms with Crippen molar-refractivity contribution >= 4 is 24.0 Å². The number of hydrogen-bond donors (Lipinski definition) is 0. The molecule has 0 saturated carbocycles. The molecule has 0 radical (unpaired) electrons. The molecule has 0 unspecified atom stereocenters. The van der Waals surface area contributed by atoms with Crippen LogP contribution in [0.15, 0.2) is 0 Å². The Hall–Kier alpha value is 0.0600. The molecule has 1 aliphatic heterocycles. The Morgan fingerprint density at radius 1 is 1.23 bits per heavy atom. The van der Waals surface area contributed by atoms with Gasteiger partial charge in [-0.05, 0) is 0 Å². The van der Waals surface area contributed by atoms with Crippen LogP contribution in [-0.4, -0.2) is 43.6 Å². The Morgan fingerprint density at radius 3 is 2.54 bits per heavy atom. The quantitative estimate of drug-likeness (QED) is 0.519. The first-order chi connectivity index (χ1) is 5.93. The second-order valence-corrected chi connectivity index (χ2v) is 3.06. The van der Waals surface area contributed by atoms with Crippen molar-refractivity contribution in [2.75, 3.05) is 38.7 Å². The fourth-order valence-electron chi connectivity index (χ4n) is 1.06. The van der Waals surface area contributed by atoms with Crippen LogP contribution in [0.3, 0.4) is 0 Å². The van der Waals surface area contributed by atoms with Crippen LogP contribution in [0.4, 0.5) is 0 Å². The lowest BCUT2D eigenvalue weighted by molar-refractivity contribution is 0.0443. The maximum atomic E-state index is 5.49. The van der Waals surface area contributed by atoms with Crippen molar-refractivity contribution in [3.05, 3.63) is 0 Å². The van der Waals surface area contributed by atoms with Crippen LogP contribution in [0.25, 0.3) is 0 Å². The zero-order chi connectivity index (χ0) is 8.65. The highest BCUT2D eigenvalue weighted by atomic mass is 35.5. The third-order valence-corrected chi connectivity index (χ3v) is 1.94. The van der Waals surface area contributed by atoms with Crippen molar-refractivity contribution < 1.29 is 4.74 Å².